The molecule has 110 valence electrons. The van der Waals surface area contributed by atoms with Crippen molar-refractivity contribution in [1.82, 2.24) is 0 Å². The zero-order valence-electron chi connectivity index (χ0n) is 13.4. The first kappa shape index (κ1) is 15.3. The van der Waals surface area contributed by atoms with E-state index in [0.717, 1.165) is 27.9 Å². The normalized spacial score (nSPS) is 11.3. The van der Waals surface area contributed by atoms with Crippen LogP contribution in [0.15, 0.2) is 42.5 Å². The Hall–Kier alpha value is -2.09. The molecule has 1 amide bonds. The van der Waals surface area contributed by atoms with Gasteiger partial charge in [0.1, 0.15) is 0 Å². The van der Waals surface area contributed by atoms with Gasteiger partial charge in [-0.1, -0.05) is 51.1 Å². The third-order valence-electron chi connectivity index (χ3n) is 3.83. The molecule has 0 aliphatic carbocycles. The Morgan fingerprint density at radius 3 is 2.29 bits per heavy atom. The van der Waals surface area contributed by atoms with Crippen molar-refractivity contribution in [2.45, 2.75) is 40.0 Å². The Labute approximate surface area is 127 Å². The standard InChI is InChI=1S/C19H23NO/c1-13-9-8-10-15(14(13)2)18(21)20-17-12-7-6-11-16(17)19(3,4)5/h6-12H,1-5H3,(H,20,21). The summed E-state index contributed by atoms with van der Waals surface area (Å²) in [5.41, 5.74) is 4.92. The maximum absolute atomic E-state index is 12.6. The second kappa shape index (κ2) is 5.72. The highest BCUT2D eigenvalue weighted by atomic mass is 16.1. The largest absolute Gasteiger partial charge is 0.322 e. The van der Waals surface area contributed by atoms with Gasteiger partial charge in [-0.15, -0.1) is 0 Å². The predicted molar refractivity (Wildman–Crippen MR) is 89.0 cm³/mol. The molecule has 0 aliphatic rings. The van der Waals surface area contributed by atoms with E-state index in [1.165, 1.54) is 0 Å². The van der Waals surface area contributed by atoms with Crippen LogP contribution >= 0.6 is 0 Å². The maximum Gasteiger partial charge on any atom is 0.255 e. The van der Waals surface area contributed by atoms with Gasteiger partial charge in [0.05, 0.1) is 0 Å². The Morgan fingerprint density at radius 1 is 0.952 bits per heavy atom. The zero-order valence-corrected chi connectivity index (χ0v) is 13.4. The van der Waals surface area contributed by atoms with E-state index < -0.39 is 0 Å². The summed E-state index contributed by atoms with van der Waals surface area (Å²) in [5, 5.41) is 3.06. The molecule has 2 heteroatoms. The topological polar surface area (TPSA) is 29.1 Å². The van der Waals surface area contributed by atoms with Crippen LogP contribution in [0.1, 0.15) is 47.8 Å². The van der Waals surface area contributed by atoms with Crippen molar-refractivity contribution in [2.75, 3.05) is 5.32 Å². The van der Waals surface area contributed by atoms with Crippen molar-refractivity contribution < 1.29 is 4.79 Å². The average Bonchev–Trinajstić information content (AvgIpc) is 2.41. The quantitative estimate of drug-likeness (QED) is 0.837. The lowest BCUT2D eigenvalue weighted by atomic mass is 9.85. The first-order chi connectivity index (χ1) is 9.80. The van der Waals surface area contributed by atoms with E-state index in [1.807, 2.05) is 50.2 Å². The lowest BCUT2D eigenvalue weighted by molar-refractivity contribution is 0.102. The van der Waals surface area contributed by atoms with Gasteiger partial charge in [0.25, 0.3) is 5.91 Å². The first-order valence-corrected chi connectivity index (χ1v) is 7.28. The number of nitrogens with one attached hydrogen (secondary N) is 1. The van der Waals surface area contributed by atoms with Crippen molar-refractivity contribution in [1.29, 1.82) is 0 Å². The molecule has 0 bridgehead atoms. The molecule has 0 aliphatic heterocycles. The summed E-state index contributed by atoms with van der Waals surface area (Å²) in [7, 11) is 0. The summed E-state index contributed by atoms with van der Waals surface area (Å²) in [6, 6.07) is 13.8. The van der Waals surface area contributed by atoms with Crippen LogP contribution in [-0.4, -0.2) is 5.91 Å². The smallest absolute Gasteiger partial charge is 0.255 e. The molecule has 2 rings (SSSR count). The predicted octanol–water partition coefficient (Wildman–Crippen LogP) is 4.85. The van der Waals surface area contributed by atoms with Gasteiger partial charge in [-0.25, -0.2) is 0 Å². The molecule has 0 saturated carbocycles. The van der Waals surface area contributed by atoms with E-state index in [2.05, 4.69) is 32.2 Å². The van der Waals surface area contributed by atoms with Crippen molar-refractivity contribution in [3.8, 4) is 0 Å². The molecule has 0 unspecified atom stereocenters. The SMILES string of the molecule is Cc1cccc(C(=O)Nc2ccccc2C(C)(C)C)c1C. The fourth-order valence-corrected chi connectivity index (χ4v) is 2.43. The summed E-state index contributed by atoms with van der Waals surface area (Å²) in [6.07, 6.45) is 0. The molecule has 0 radical (unpaired) electrons. The highest BCUT2D eigenvalue weighted by molar-refractivity contribution is 6.05. The van der Waals surface area contributed by atoms with Crippen LogP contribution in [0.2, 0.25) is 0 Å². The zero-order chi connectivity index (χ0) is 15.6. The van der Waals surface area contributed by atoms with E-state index >= 15 is 0 Å². The molecule has 0 heterocycles. The van der Waals surface area contributed by atoms with Crippen LogP contribution in [0.4, 0.5) is 5.69 Å². The number of carbonyl (C=O) groups excluding carboxylic acids is 1. The Kier molecular flexibility index (Phi) is 4.17. The summed E-state index contributed by atoms with van der Waals surface area (Å²) in [4.78, 5) is 12.6. The molecule has 2 nitrogen and oxygen atoms in total. The van der Waals surface area contributed by atoms with E-state index in [0.29, 0.717) is 0 Å². The summed E-state index contributed by atoms with van der Waals surface area (Å²) in [6.45, 7) is 10.5. The number of benzene rings is 2. The number of para-hydroxylation sites is 1. The molecule has 2 aromatic rings. The fourth-order valence-electron chi connectivity index (χ4n) is 2.43. The first-order valence-electron chi connectivity index (χ1n) is 7.28. The maximum atomic E-state index is 12.6. The lowest BCUT2D eigenvalue weighted by Crippen LogP contribution is -2.19. The lowest BCUT2D eigenvalue weighted by Gasteiger charge is -2.23. The number of hydrogen-bond donors (Lipinski definition) is 1. The molecule has 21 heavy (non-hydrogen) atoms. The second-order valence-corrected chi connectivity index (χ2v) is 6.50. The van der Waals surface area contributed by atoms with Crippen LogP contribution in [0.5, 0.6) is 0 Å². The minimum Gasteiger partial charge on any atom is -0.322 e. The summed E-state index contributed by atoms with van der Waals surface area (Å²) in [5.74, 6) is -0.0482. The van der Waals surface area contributed by atoms with E-state index in [4.69, 9.17) is 0 Å². The van der Waals surface area contributed by atoms with Crippen LogP contribution < -0.4 is 5.32 Å². The van der Waals surface area contributed by atoms with Crippen molar-refractivity contribution in [3.63, 3.8) is 0 Å². The molecule has 0 saturated heterocycles. The van der Waals surface area contributed by atoms with Gasteiger partial charge in [0, 0.05) is 11.3 Å². The molecule has 0 spiro atoms. The number of rotatable bonds is 2. The molecule has 2 aromatic carbocycles. The van der Waals surface area contributed by atoms with Gasteiger partial charge in [-0.05, 0) is 48.1 Å². The Morgan fingerprint density at radius 2 is 1.62 bits per heavy atom. The van der Waals surface area contributed by atoms with Crippen molar-refractivity contribution in [2.24, 2.45) is 0 Å². The van der Waals surface area contributed by atoms with Gasteiger partial charge in [-0.3, -0.25) is 4.79 Å². The van der Waals surface area contributed by atoms with Crippen LogP contribution in [-0.2, 0) is 5.41 Å². The number of hydrogen-bond acceptors (Lipinski definition) is 1. The number of amides is 1. The highest BCUT2D eigenvalue weighted by Crippen LogP contribution is 2.29. The van der Waals surface area contributed by atoms with Gasteiger partial charge >= 0.3 is 0 Å². The number of carbonyl (C=O) groups is 1. The number of anilines is 1. The van der Waals surface area contributed by atoms with E-state index in [1.54, 1.807) is 0 Å². The second-order valence-electron chi connectivity index (χ2n) is 6.50. The molecule has 0 atom stereocenters. The van der Waals surface area contributed by atoms with Crippen molar-refractivity contribution in [3.05, 3.63) is 64.7 Å². The fraction of sp³-hybridized carbons (Fsp3) is 0.316. The molecule has 1 N–H and O–H groups in total. The van der Waals surface area contributed by atoms with Gasteiger partial charge in [0.2, 0.25) is 0 Å². The van der Waals surface area contributed by atoms with Gasteiger partial charge in [-0.2, -0.15) is 0 Å². The third kappa shape index (κ3) is 3.33. The van der Waals surface area contributed by atoms with Crippen LogP contribution in [0.25, 0.3) is 0 Å². The van der Waals surface area contributed by atoms with E-state index in [9.17, 15) is 4.79 Å². The average molecular weight is 281 g/mol. The minimum absolute atomic E-state index is 0.00841. The monoisotopic (exact) mass is 281 g/mol. The molecule has 0 aromatic heterocycles. The van der Waals surface area contributed by atoms with Gasteiger partial charge < -0.3 is 5.32 Å². The molecule has 0 fully saturated rings. The Balaban J connectivity index is 2.35. The van der Waals surface area contributed by atoms with Crippen LogP contribution in [0.3, 0.4) is 0 Å². The summed E-state index contributed by atoms with van der Waals surface area (Å²) < 4.78 is 0. The minimum atomic E-state index is -0.0482. The molecular formula is C19H23NO. The number of aryl methyl sites for hydroxylation is 1. The van der Waals surface area contributed by atoms with Gasteiger partial charge in [0.15, 0.2) is 0 Å². The van der Waals surface area contributed by atoms with E-state index in [-0.39, 0.29) is 11.3 Å². The highest BCUT2D eigenvalue weighted by Gasteiger charge is 2.19. The van der Waals surface area contributed by atoms with Crippen molar-refractivity contribution >= 4 is 11.6 Å². The third-order valence-corrected chi connectivity index (χ3v) is 3.83. The van der Waals surface area contributed by atoms with Crippen LogP contribution in [0, 0.1) is 13.8 Å². The Bertz CT molecular complexity index is 666. The molecular weight excluding hydrogens is 258 g/mol. The summed E-state index contributed by atoms with van der Waals surface area (Å²) >= 11 is 0.